The summed E-state index contributed by atoms with van der Waals surface area (Å²) in [5.41, 5.74) is 0. The summed E-state index contributed by atoms with van der Waals surface area (Å²) < 4.78 is 32.3. The molecule has 0 rings (SSSR count). The Kier molecular flexibility index (Phi) is 30.9. The predicted octanol–water partition coefficient (Wildman–Crippen LogP) is 10.4. The molecular weight excluding hydrogens is 570 g/mol. The van der Waals surface area contributed by atoms with E-state index in [9.17, 15) is 22.9 Å². The van der Waals surface area contributed by atoms with Crippen LogP contribution in [0.15, 0.2) is 24.3 Å². The van der Waals surface area contributed by atoms with Gasteiger partial charge in [-0.3, -0.25) is 9.35 Å². The molecule has 0 bridgehead atoms. The van der Waals surface area contributed by atoms with E-state index in [1.54, 1.807) is 6.08 Å². The van der Waals surface area contributed by atoms with E-state index in [1.807, 2.05) is 6.08 Å². The largest absolute Gasteiger partial charge is 0.387 e. The van der Waals surface area contributed by atoms with Crippen LogP contribution < -0.4 is 5.32 Å². The molecule has 0 saturated heterocycles. The Bertz CT molecular complexity index is 796. The molecule has 0 aliphatic heterocycles. The van der Waals surface area contributed by atoms with Crippen LogP contribution in [0, 0.1) is 0 Å². The fourth-order valence-electron chi connectivity index (χ4n) is 5.56. The lowest BCUT2D eigenvalue weighted by molar-refractivity contribution is -0.122. The van der Waals surface area contributed by atoms with Crippen LogP contribution in [0.5, 0.6) is 0 Å². The van der Waals surface area contributed by atoms with Gasteiger partial charge in [0.05, 0.1) is 17.9 Å². The number of amides is 1. The molecule has 0 aromatic rings. The van der Waals surface area contributed by atoms with Gasteiger partial charge < -0.3 is 10.4 Å². The molecule has 0 fully saturated rings. The van der Waals surface area contributed by atoms with Gasteiger partial charge in [-0.25, -0.2) is 0 Å². The fourth-order valence-corrected chi connectivity index (χ4v) is 6.30. The molecule has 0 aliphatic carbocycles. The smallest absolute Gasteiger partial charge is 0.267 e. The third-order valence-corrected chi connectivity index (χ3v) is 9.15. The average molecular weight is 642 g/mol. The van der Waals surface area contributed by atoms with E-state index in [4.69, 9.17) is 0 Å². The second-order valence-corrected chi connectivity index (χ2v) is 14.4. The van der Waals surface area contributed by atoms with E-state index >= 15 is 0 Å². The van der Waals surface area contributed by atoms with Gasteiger partial charge in [0.1, 0.15) is 0 Å². The Labute approximate surface area is 273 Å². The molecule has 0 radical (unpaired) electrons. The van der Waals surface area contributed by atoms with Crippen LogP contribution in [-0.4, -0.2) is 41.9 Å². The van der Waals surface area contributed by atoms with Gasteiger partial charge in [0.15, 0.2) is 0 Å². The highest BCUT2D eigenvalue weighted by atomic mass is 32.2. The van der Waals surface area contributed by atoms with Crippen LogP contribution in [-0.2, 0) is 14.9 Å². The number of aliphatic hydroxyl groups is 1. The quantitative estimate of drug-likeness (QED) is 0.0376. The third kappa shape index (κ3) is 32.2. The van der Waals surface area contributed by atoms with Gasteiger partial charge >= 0.3 is 0 Å². The van der Waals surface area contributed by atoms with Gasteiger partial charge in [-0.15, -0.1) is 0 Å². The van der Waals surface area contributed by atoms with Crippen molar-refractivity contribution in [2.45, 2.75) is 199 Å². The molecule has 0 aliphatic rings. The average Bonchev–Trinajstić information content (AvgIpc) is 2.98. The molecule has 0 aromatic carbocycles. The SMILES string of the molecule is CCCCCCCC/C=C\CCCCCCCCCC(=O)NC(CS(=O)(=O)O)C(O)/C=C/CCCCCCCCCCCC. The van der Waals surface area contributed by atoms with Crippen molar-refractivity contribution in [1.82, 2.24) is 5.32 Å². The van der Waals surface area contributed by atoms with E-state index in [2.05, 4.69) is 31.3 Å². The molecule has 2 unspecified atom stereocenters. The summed E-state index contributed by atoms with van der Waals surface area (Å²) in [4.78, 5) is 12.4. The molecule has 260 valence electrons. The van der Waals surface area contributed by atoms with Crippen LogP contribution in [0.2, 0.25) is 0 Å². The van der Waals surface area contributed by atoms with E-state index in [1.165, 1.54) is 122 Å². The Balaban J connectivity index is 3.96. The molecule has 7 heteroatoms. The van der Waals surface area contributed by atoms with Crippen molar-refractivity contribution in [1.29, 1.82) is 0 Å². The van der Waals surface area contributed by atoms with Gasteiger partial charge in [0.25, 0.3) is 10.1 Å². The number of aliphatic hydroxyl groups excluding tert-OH is 1. The molecule has 6 nitrogen and oxygen atoms in total. The second kappa shape index (κ2) is 31.8. The van der Waals surface area contributed by atoms with Crippen molar-refractivity contribution in [2.75, 3.05) is 5.75 Å². The van der Waals surface area contributed by atoms with E-state index in [-0.39, 0.29) is 5.91 Å². The summed E-state index contributed by atoms with van der Waals surface area (Å²) >= 11 is 0. The number of hydrogen-bond donors (Lipinski definition) is 3. The number of rotatable bonds is 33. The molecule has 3 N–H and O–H groups in total. The maximum Gasteiger partial charge on any atom is 0.267 e. The van der Waals surface area contributed by atoms with E-state index in [0.717, 1.165) is 44.9 Å². The Morgan fingerprint density at radius 3 is 1.36 bits per heavy atom. The summed E-state index contributed by atoms with van der Waals surface area (Å²) in [5.74, 6) is -0.981. The highest BCUT2D eigenvalue weighted by Gasteiger charge is 2.24. The first-order chi connectivity index (χ1) is 21.3. The Morgan fingerprint density at radius 2 is 0.955 bits per heavy atom. The molecule has 1 amide bonds. The highest BCUT2D eigenvalue weighted by Crippen LogP contribution is 2.13. The van der Waals surface area contributed by atoms with Crippen LogP contribution in [0.3, 0.4) is 0 Å². The van der Waals surface area contributed by atoms with Crippen molar-refractivity contribution in [2.24, 2.45) is 0 Å². The molecule has 0 saturated carbocycles. The number of unbranched alkanes of at least 4 members (excludes halogenated alkanes) is 23. The van der Waals surface area contributed by atoms with Crippen LogP contribution >= 0.6 is 0 Å². The standard InChI is InChI=1S/C37H71NO5S/c1-3-5-7-9-11-13-15-17-18-19-20-21-23-25-27-29-31-33-37(40)38-35(34-44(41,42)43)36(39)32-30-28-26-24-22-16-14-12-10-8-6-4-2/h17-18,30,32,35-36,39H,3-16,19-29,31,33-34H2,1-2H3,(H,38,40)(H,41,42,43)/b18-17-,32-30+. The lowest BCUT2D eigenvalue weighted by Crippen LogP contribution is -2.46. The number of allylic oxidation sites excluding steroid dienone is 3. The van der Waals surface area contributed by atoms with Crippen molar-refractivity contribution in [3.05, 3.63) is 24.3 Å². The first-order valence-electron chi connectivity index (χ1n) is 18.5. The lowest BCUT2D eigenvalue weighted by Gasteiger charge is -2.21. The van der Waals surface area contributed by atoms with Crippen LogP contribution in [0.1, 0.15) is 187 Å². The monoisotopic (exact) mass is 642 g/mol. The van der Waals surface area contributed by atoms with Crippen LogP contribution in [0.4, 0.5) is 0 Å². The van der Waals surface area contributed by atoms with Crippen LogP contribution in [0.25, 0.3) is 0 Å². The van der Waals surface area contributed by atoms with Crippen molar-refractivity contribution in [3.8, 4) is 0 Å². The summed E-state index contributed by atoms with van der Waals surface area (Å²) in [6.07, 6.45) is 38.7. The summed E-state index contributed by atoms with van der Waals surface area (Å²) in [6, 6.07) is -1.05. The fraction of sp³-hybridized carbons (Fsp3) is 0.865. The molecule has 44 heavy (non-hydrogen) atoms. The Hall–Kier alpha value is -1.18. The minimum Gasteiger partial charge on any atom is -0.387 e. The topological polar surface area (TPSA) is 104 Å². The van der Waals surface area contributed by atoms with Gasteiger partial charge in [-0.05, 0) is 44.9 Å². The maximum absolute atomic E-state index is 12.4. The van der Waals surface area contributed by atoms with Gasteiger partial charge in [0.2, 0.25) is 5.91 Å². The Morgan fingerprint density at radius 1 is 0.591 bits per heavy atom. The van der Waals surface area contributed by atoms with Crippen molar-refractivity contribution >= 4 is 16.0 Å². The molecule has 0 spiro atoms. The summed E-state index contributed by atoms with van der Waals surface area (Å²) in [5, 5.41) is 13.2. The minimum atomic E-state index is -4.34. The van der Waals surface area contributed by atoms with Gasteiger partial charge in [-0.1, -0.05) is 160 Å². The zero-order valence-corrected chi connectivity index (χ0v) is 29.6. The number of carbonyl (C=O) groups excluding carboxylic acids is 1. The van der Waals surface area contributed by atoms with Crippen molar-refractivity contribution in [3.63, 3.8) is 0 Å². The first-order valence-corrected chi connectivity index (χ1v) is 20.1. The number of hydrogen-bond acceptors (Lipinski definition) is 4. The maximum atomic E-state index is 12.4. The highest BCUT2D eigenvalue weighted by molar-refractivity contribution is 7.85. The first kappa shape index (κ1) is 42.8. The number of nitrogens with one attached hydrogen (secondary N) is 1. The van der Waals surface area contributed by atoms with E-state index in [0.29, 0.717) is 6.42 Å². The van der Waals surface area contributed by atoms with E-state index < -0.39 is 28.0 Å². The predicted molar refractivity (Wildman–Crippen MR) is 189 cm³/mol. The van der Waals surface area contributed by atoms with Gasteiger partial charge in [-0.2, -0.15) is 8.42 Å². The summed E-state index contributed by atoms with van der Waals surface area (Å²) in [6.45, 7) is 4.49. The zero-order chi connectivity index (χ0) is 32.6. The zero-order valence-electron chi connectivity index (χ0n) is 28.8. The van der Waals surface area contributed by atoms with Gasteiger partial charge in [0, 0.05) is 6.42 Å². The number of carbonyl (C=O) groups is 1. The lowest BCUT2D eigenvalue weighted by atomic mass is 10.1. The molecule has 0 heterocycles. The minimum absolute atomic E-state index is 0.284. The molecule has 0 aromatic heterocycles. The van der Waals surface area contributed by atoms with Crippen molar-refractivity contribution < 1.29 is 22.9 Å². The normalized spacial score (nSPS) is 13.6. The molecular formula is C37H71NO5S. The summed E-state index contributed by atoms with van der Waals surface area (Å²) in [7, 11) is -4.34. The second-order valence-electron chi connectivity index (χ2n) is 12.9. The third-order valence-electron chi connectivity index (χ3n) is 8.37. The molecule has 2 atom stereocenters.